The molecule has 1 amide bonds. The molecule has 1 aromatic heterocycles. The quantitative estimate of drug-likeness (QED) is 0.442. The smallest absolute Gasteiger partial charge is 0.349 e. The summed E-state index contributed by atoms with van der Waals surface area (Å²) in [6.07, 6.45) is 1.46. The average Bonchev–Trinajstić information content (AvgIpc) is 3.19. The minimum absolute atomic E-state index is 0.147. The van der Waals surface area contributed by atoms with Crippen LogP contribution < -0.4 is 5.32 Å². The van der Waals surface area contributed by atoms with Crippen molar-refractivity contribution in [2.24, 2.45) is 0 Å². The summed E-state index contributed by atoms with van der Waals surface area (Å²) in [5.41, 5.74) is 1.75. The van der Waals surface area contributed by atoms with Gasteiger partial charge in [-0.25, -0.2) is 4.79 Å². The molecule has 0 spiro atoms. The Bertz CT molecular complexity index is 847. The minimum Gasteiger partial charge on any atom is -0.451 e. The van der Waals surface area contributed by atoms with E-state index in [1.807, 2.05) is 54.8 Å². The first kappa shape index (κ1) is 20.4. The highest BCUT2D eigenvalue weighted by Gasteiger charge is 2.15. The highest BCUT2D eigenvalue weighted by atomic mass is 32.1. The van der Waals surface area contributed by atoms with Crippen molar-refractivity contribution >= 4 is 29.3 Å². The molecular formula is C21H22N2O3S. The Kier molecular flexibility index (Phi) is 7.33. The number of ether oxygens (including phenoxy) is 1. The number of nitrogens with one attached hydrogen (secondary N) is 1. The fraction of sp³-hybridized carbons (Fsp3) is 0.286. The van der Waals surface area contributed by atoms with Gasteiger partial charge in [0, 0.05) is 4.88 Å². The summed E-state index contributed by atoms with van der Waals surface area (Å²) in [4.78, 5) is 25.0. The van der Waals surface area contributed by atoms with Crippen LogP contribution >= 0.6 is 11.3 Å². The number of benzene rings is 1. The molecule has 0 saturated carbocycles. The monoisotopic (exact) mass is 382 g/mol. The zero-order valence-electron chi connectivity index (χ0n) is 15.6. The molecule has 0 aliphatic carbocycles. The van der Waals surface area contributed by atoms with E-state index in [1.165, 1.54) is 23.0 Å². The van der Waals surface area contributed by atoms with Gasteiger partial charge in [0.2, 0.25) is 0 Å². The molecule has 1 aromatic carbocycles. The standard InChI is InChI=1S/C21H22N2O3S/c1-14(2)17-8-6-16(7-9-17)11-18(12-22)21(25)26-13-20(24)23-15(3)19-5-4-10-27-19/h4-11,14-15H,13H2,1-3H3,(H,23,24)/b18-11+/t15-/m1/s1. The molecule has 2 rings (SSSR count). The highest BCUT2D eigenvalue weighted by molar-refractivity contribution is 7.10. The molecule has 1 atom stereocenters. The van der Waals surface area contributed by atoms with E-state index in [0.717, 1.165) is 10.4 Å². The Balaban J connectivity index is 1.92. The molecule has 0 bridgehead atoms. The number of carbonyl (C=O) groups is 2. The van der Waals surface area contributed by atoms with Crippen molar-refractivity contribution in [1.29, 1.82) is 5.26 Å². The Hall–Kier alpha value is -2.91. The average molecular weight is 382 g/mol. The molecule has 140 valence electrons. The van der Waals surface area contributed by atoms with Crippen LogP contribution in [0.3, 0.4) is 0 Å². The number of nitrogens with zero attached hydrogens (tertiary/aromatic N) is 1. The van der Waals surface area contributed by atoms with Gasteiger partial charge in [-0.05, 0) is 41.5 Å². The third-order valence-corrected chi connectivity index (χ3v) is 4.99. The minimum atomic E-state index is -0.815. The molecule has 0 saturated heterocycles. The van der Waals surface area contributed by atoms with Gasteiger partial charge in [-0.1, -0.05) is 44.2 Å². The summed E-state index contributed by atoms with van der Waals surface area (Å²) in [7, 11) is 0. The predicted molar refractivity (Wildman–Crippen MR) is 106 cm³/mol. The fourth-order valence-electron chi connectivity index (χ4n) is 2.38. The number of hydrogen-bond donors (Lipinski definition) is 1. The third-order valence-electron chi connectivity index (χ3n) is 3.94. The maximum atomic E-state index is 12.1. The molecular weight excluding hydrogens is 360 g/mol. The lowest BCUT2D eigenvalue weighted by Gasteiger charge is -2.12. The number of amides is 1. The second-order valence-electron chi connectivity index (χ2n) is 6.37. The van der Waals surface area contributed by atoms with Crippen molar-refractivity contribution in [2.75, 3.05) is 6.61 Å². The van der Waals surface area contributed by atoms with Gasteiger partial charge >= 0.3 is 5.97 Å². The van der Waals surface area contributed by atoms with Crippen molar-refractivity contribution in [2.45, 2.75) is 32.7 Å². The van der Waals surface area contributed by atoms with Crippen LogP contribution in [0.25, 0.3) is 6.08 Å². The van der Waals surface area contributed by atoms with Gasteiger partial charge in [0.25, 0.3) is 5.91 Å². The first-order valence-corrected chi connectivity index (χ1v) is 9.50. The third kappa shape index (κ3) is 6.08. The topological polar surface area (TPSA) is 79.2 Å². The summed E-state index contributed by atoms with van der Waals surface area (Å²) in [5.74, 6) is -0.828. The van der Waals surface area contributed by atoms with E-state index < -0.39 is 18.5 Å². The molecule has 5 nitrogen and oxygen atoms in total. The van der Waals surface area contributed by atoms with Crippen LogP contribution in [-0.4, -0.2) is 18.5 Å². The van der Waals surface area contributed by atoms with Crippen LogP contribution in [0.1, 0.15) is 48.7 Å². The molecule has 27 heavy (non-hydrogen) atoms. The fourth-order valence-corrected chi connectivity index (χ4v) is 3.12. The number of rotatable bonds is 7. The van der Waals surface area contributed by atoms with E-state index in [-0.39, 0.29) is 11.6 Å². The maximum absolute atomic E-state index is 12.1. The number of carbonyl (C=O) groups excluding carboxylic acids is 2. The van der Waals surface area contributed by atoms with Gasteiger partial charge in [0.15, 0.2) is 6.61 Å². The Morgan fingerprint density at radius 3 is 2.48 bits per heavy atom. The Morgan fingerprint density at radius 2 is 1.93 bits per heavy atom. The van der Waals surface area contributed by atoms with Crippen LogP contribution in [0.15, 0.2) is 47.4 Å². The molecule has 0 unspecified atom stereocenters. The number of nitriles is 1. The second kappa shape index (κ2) is 9.70. The summed E-state index contributed by atoms with van der Waals surface area (Å²) in [5, 5.41) is 13.9. The van der Waals surface area contributed by atoms with E-state index >= 15 is 0 Å². The first-order chi connectivity index (χ1) is 12.9. The molecule has 0 fully saturated rings. The van der Waals surface area contributed by atoms with Gasteiger partial charge in [-0.15, -0.1) is 11.3 Å². The molecule has 1 heterocycles. The lowest BCUT2D eigenvalue weighted by atomic mass is 10.0. The molecule has 1 N–H and O–H groups in total. The van der Waals surface area contributed by atoms with E-state index in [0.29, 0.717) is 5.92 Å². The molecule has 0 radical (unpaired) electrons. The lowest BCUT2D eigenvalue weighted by molar-refractivity contribution is -0.144. The van der Waals surface area contributed by atoms with E-state index in [9.17, 15) is 14.9 Å². The van der Waals surface area contributed by atoms with Crippen LogP contribution in [-0.2, 0) is 14.3 Å². The Labute approximate surface area is 163 Å². The number of hydrogen-bond acceptors (Lipinski definition) is 5. The largest absolute Gasteiger partial charge is 0.451 e. The lowest BCUT2D eigenvalue weighted by Crippen LogP contribution is -2.30. The van der Waals surface area contributed by atoms with Gasteiger partial charge in [-0.2, -0.15) is 5.26 Å². The van der Waals surface area contributed by atoms with Crippen LogP contribution in [0, 0.1) is 11.3 Å². The van der Waals surface area contributed by atoms with Gasteiger partial charge in [-0.3, -0.25) is 4.79 Å². The zero-order valence-corrected chi connectivity index (χ0v) is 16.4. The number of thiophene rings is 1. The van der Waals surface area contributed by atoms with Crippen LogP contribution in [0.4, 0.5) is 0 Å². The predicted octanol–water partition coefficient (Wildman–Crippen LogP) is 4.20. The summed E-state index contributed by atoms with van der Waals surface area (Å²) >= 11 is 1.54. The van der Waals surface area contributed by atoms with E-state index in [2.05, 4.69) is 19.2 Å². The molecule has 2 aromatic rings. The zero-order chi connectivity index (χ0) is 19.8. The van der Waals surface area contributed by atoms with Crippen molar-refractivity contribution in [1.82, 2.24) is 5.32 Å². The van der Waals surface area contributed by atoms with Crippen LogP contribution in [0.2, 0.25) is 0 Å². The van der Waals surface area contributed by atoms with Crippen molar-refractivity contribution in [3.05, 3.63) is 63.4 Å². The normalized spacial score (nSPS) is 12.3. The second-order valence-corrected chi connectivity index (χ2v) is 7.35. The van der Waals surface area contributed by atoms with Crippen molar-refractivity contribution in [3.63, 3.8) is 0 Å². The molecule has 0 aliphatic rings. The van der Waals surface area contributed by atoms with Gasteiger partial charge in [0.05, 0.1) is 6.04 Å². The molecule has 0 aliphatic heterocycles. The van der Waals surface area contributed by atoms with Gasteiger partial charge < -0.3 is 10.1 Å². The van der Waals surface area contributed by atoms with Crippen LogP contribution in [0.5, 0.6) is 0 Å². The van der Waals surface area contributed by atoms with E-state index in [1.54, 1.807) is 0 Å². The molecule has 6 heteroatoms. The SMILES string of the molecule is CC(C)c1ccc(/C=C(\C#N)C(=O)OCC(=O)N[C@H](C)c2cccs2)cc1. The van der Waals surface area contributed by atoms with E-state index in [4.69, 9.17) is 4.74 Å². The number of esters is 1. The summed E-state index contributed by atoms with van der Waals surface area (Å²) < 4.78 is 4.97. The first-order valence-electron chi connectivity index (χ1n) is 8.62. The highest BCUT2D eigenvalue weighted by Crippen LogP contribution is 2.18. The van der Waals surface area contributed by atoms with Gasteiger partial charge in [0.1, 0.15) is 11.6 Å². The Morgan fingerprint density at radius 1 is 1.22 bits per heavy atom. The summed E-state index contributed by atoms with van der Waals surface area (Å²) in [6, 6.07) is 13.1. The maximum Gasteiger partial charge on any atom is 0.349 e. The van der Waals surface area contributed by atoms with Crippen molar-refractivity contribution < 1.29 is 14.3 Å². The summed E-state index contributed by atoms with van der Waals surface area (Å²) in [6.45, 7) is 5.60. The van der Waals surface area contributed by atoms with Crippen molar-refractivity contribution in [3.8, 4) is 6.07 Å².